The van der Waals surface area contributed by atoms with Crippen molar-refractivity contribution in [2.24, 2.45) is 0 Å². The molecule has 5 heteroatoms. The van der Waals surface area contributed by atoms with Gasteiger partial charge in [0.05, 0.1) is 6.54 Å². The molecule has 28 heavy (non-hydrogen) atoms. The number of hydrogen-bond donors (Lipinski definition) is 1. The number of carbonyl (C=O) groups excluding carboxylic acids is 1. The number of aromatic nitrogens is 1. The maximum absolute atomic E-state index is 12.8. The summed E-state index contributed by atoms with van der Waals surface area (Å²) >= 11 is 6.20. The van der Waals surface area contributed by atoms with Crippen molar-refractivity contribution >= 4 is 34.0 Å². The molecule has 1 aromatic heterocycles. The Morgan fingerprint density at radius 2 is 1.64 bits per heavy atom. The molecule has 1 N–H and O–H groups in total. The molecule has 0 saturated heterocycles. The molecule has 3 aromatic carbocycles. The van der Waals surface area contributed by atoms with Crippen LogP contribution >= 0.6 is 11.6 Å². The molecule has 0 unspecified atom stereocenters. The summed E-state index contributed by atoms with van der Waals surface area (Å²) in [5.41, 5.74) is 1.21. The van der Waals surface area contributed by atoms with Crippen LogP contribution in [-0.4, -0.2) is 10.5 Å². The van der Waals surface area contributed by atoms with Crippen molar-refractivity contribution in [1.29, 1.82) is 0 Å². The molecule has 4 nitrogen and oxygen atoms in total. The molecule has 4 rings (SSSR count). The Balaban J connectivity index is 1.65. The van der Waals surface area contributed by atoms with Gasteiger partial charge in [-0.1, -0.05) is 66.2 Å². The zero-order valence-electron chi connectivity index (χ0n) is 14.9. The summed E-state index contributed by atoms with van der Waals surface area (Å²) in [4.78, 5) is 25.6. The lowest BCUT2D eigenvalue weighted by atomic mass is 10.1. The molecule has 4 aromatic rings. The van der Waals surface area contributed by atoms with E-state index in [0.29, 0.717) is 17.3 Å². The van der Waals surface area contributed by atoms with Crippen molar-refractivity contribution in [2.75, 3.05) is 5.32 Å². The van der Waals surface area contributed by atoms with Gasteiger partial charge in [-0.25, -0.2) is 0 Å². The van der Waals surface area contributed by atoms with Gasteiger partial charge in [0.15, 0.2) is 0 Å². The Labute approximate surface area is 167 Å². The van der Waals surface area contributed by atoms with Gasteiger partial charge in [-0.05, 0) is 35.2 Å². The molecule has 0 atom stereocenters. The average Bonchev–Trinajstić information content (AvgIpc) is 2.71. The van der Waals surface area contributed by atoms with E-state index >= 15 is 0 Å². The number of fused-ring (bicyclic) bond motifs is 1. The van der Waals surface area contributed by atoms with Crippen LogP contribution in [0.25, 0.3) is 10.8 Å². The topological polar surface area (TPSA) is 51.1 Å². The smallest absolute Gasteiger partial charge is 0.263 e. The van der Waals surface area contributed by atoms with Gasteiger partial charge in [0.2, 0.25) is 0 Å². The first kappa shape index (κ1) is 18.0. The fourth-order valence-corrected chi connectivity index (χ4v) is 3.36. The van der Waals surface area contributed by atoms with E-state index in [-0.39, 0.29) is 11.1 Å². The van der Waals surface area contributed by atoms with E-state index in [1.54, 1.807) is 18.3 Å². The Kier molecular flexibility index (Phi) is 4.96. The van der Waals surface area contributed by atoms with Crippen LogP contribution in [0.2, 0.25) is 5.02 Å². The molecule has 1 amide bonds. The standard InChI is InChI=1S/C23H17ClN2O2/c24-20-12-4-2-8-17(20)15-26-14-6-11-19(23(26)28)22(27)25-21-13-5-9-16-7-1-3-10-18(16)21/h1-14H,15H2,(H,25,27). The highest BCUT2D eigenvalue weighted by atomic mass is 35.5. The molecule has 0 fully saturated rings. The van der Waals surface area contributed by atoms with Crippen molar-refractivity contribution < 1.29 is 4.79 Å². The van der Waals surface area contributed by atoms with E-state index in [0.717, 1.165) is 16.3 Å². The summed E-state index contributed by atoms with van der Waals surface area (Å²) in [5.74, 6) is -0.435. The van der Waals surface area contributed by atoms with E-state index in [1.165, 1.54) is 10.6 Å². The van der Waals surface area contributed by atoms with Crippen molar-refractivity contribution in [3.8, 4) is 0 Å². The number of rotatable bonds is 4. The van der Waals surface area contributed by atoms with Gasteiger partial charge < -0.3 is 9.88 Å². The van der Waals surface area contributed by atoms with Crippen LogP contribution in [0.15, 0.2) is 89.9 Å². The lowest BCUT2D eigenvalue weighted by Crippen LogP contribution is -2.29. The molecule has 0 bridgehead atoms. The normalized spacial score (nSPS) is 10.8. The highest BCUT2D eigenvalue weighted by molar-refractivity contribution is 6.31. The minimum absolute atomic E-state index is 0.0856. The first-order chi connectivity index (χ1) is 13.6. The van der Waals surface area contributed by atoms with Gasteiger partial charge in [-0.2, -0.15) is 0 Å². The van der Waals surface area contributed by atoms with Crippen molar-refractivity contribution in [3.63, 3.8) is 0 Å². The second-order valence-corrected chi connectivity index (χ2v) is 6.83. The van der Waals surface area contributed by atoms with Crippen LogP contribution in [-0.2, 0) is 6.54 Å². The zero-order chi connectivity index (χ0) is 19.5. The maximum atomic E-state index is 12.8. The van der Waals surface area contributed by atoms with Gasteiger partial charge in [0.25, 0.3) is 11.5 Å². The fourth-order valence-electron chi connectivity index (χ4n) is 3.17. The van der Waals surface area contributed by atoms with Crippen molar-refractivity contribution in [1.82, 2.24) is 4.57 Å². The number of benzene rings is 3. The third kappa shape index (κ3) is 3.55. The third-order valence-corrected chi connectivity index (χ3v) is 4.97. The molecule has 0 radical (unpaired) electrons. The zero-order valence-corrected chi connectivity index (χ0v) is 15.7. The van der Waals surface area contributed by atoms with Crippen LogP contribution in [0.4, 0.5) is 5.69 Å². The van der Waals surface area contributed by atoms with Gasteiger partial charge in [-0.3, -0.25) is 9.59 Å². The second kappa shape index (κ2) is 7.71. The predicted octanol–water partition coefficient (Wildman–Crippen LogP) is 4.96. The number of nitrogens with zero attached hydrogens (tertiary/aromatic N) is 1. The molecular formula is C23H17ClN2O2. The molecule has 0 spiro atoms. The van der Waals surface area contributed by atoms with E-state index in [2.05, 4.69) is 5.32 Å². The third-order valence-electron chi connectivity index (χ3n) is 4.60. The summed E-state index contributed by atoms with van der Waals surface area (Å²) < 4.78 is 1.49. The minimum Gasteiger partial charge on any atom is -0.321 e. The lowest BCUT2D eigenvalue weighted by molar-refractivity contribution is 0.102. The molecule has 138 valence electrons. The molecule has 0 aliphatic carbocycles. The highest BCUT2D eigenvalue weighted by Crippen LogP contribution is 2.23. The maximum Gasteiger partial charge on any atom is 0.263 e. The Morgan fingerprint density at radius 1 is 0.893 bits per heavy atom. The average molecular weight is 389 g/mol. The molecular weight excluding hydrogens is 372 g/mol. The monoisotopic (exact) mass is 388 g/mol. The highest BCUT2D eigenvalue weighted by Gasteiger charge is 2.14. The molecule has 0 aliphatic heterocycles. The number of anilines is 1. The quantitative estimate of drug-likeness (QED) is 0.537. The van der Waals surface area contributed by atoms with Crippen LogP contribution in [0.3, 0.4) is 0 Å². The summed E-state index contributed by atoms with van der Waals surface area (Å²) in [6.07, 6.45) is 1.65. The van der Waals surface area contributed by atoms with Gasteiger partial charge in [0.1, 0.15) is 5.56 Å². The molecule has 0 aliphatic rings. The predicted molar refractivity (Wildman–Crippen MR) is 113 cm³/mol. The SMILES string of the molecule is O=C(Nc1cccc2ccccc12)c1cccn(Cc2ccccc2Cl)c1=O. The first-order valence-electron chi connectivity index (χ1n) is 8.85. The van der Waals surface area contributed by atoms with Crippen LogP contribution < -0.4 is 10.9 Å². The van der Waals surface area contributed by atoms with E-state index in [9.17, 15) is 9.59 Å². The molecule has 1 heterocycles. The number of amides is 1. The van der Waals surface area contributed by atoms with E-state index < -0.39 is 5.91 Å². The van der Waals surface area contributed by atoms with E-state index in [4.69, 9.17) is 11.6 Å². The van der Waals surface area contributed by atoms with Crippen molar-refractivity contribution in [3.05, 3.63) is 112 Å². The summed E-state index contributed by atoms with van der Waals surface area (Å²) in [7, 11) is 0. The second-order valence-electron chi connectivity index (χ2n) is 6.43. The number of pyridine rings is 1. The van der Waals surface area contributed by atoms with Crippen LogP contribution in [0.1, 0.15) is 15.9 Å². The Bertz CT molecular complexity index is 1230. The largest absolute Gasteiger partial charge is 0.321 e. The number of halogens is 1. The summed E-state index contributed by atoms with van der Waals surface area (Å²) in [5, 5.41) is 5.39. The minimum atomic E-state index is -0.435. The van der Waals surface area contributed by atoms with Crippen LogP contribution in [0.5, 0.6) is 0 Å². The van der Waals surface area contributed by atoms with Crippen molar-refractivity contribution in [2.45, 2.75) is 6.54 Å². The summed E-state index contributed by atoms with van der Waals surface area (Å²) in [6, 6.07) is 24.0. The number of nitrogens with one attached hydrogen (secondary N) is 1. The lowest BCUT2D eigenvalue weighted by Gasteiger charge is -2.11. The molecule has 0 saturated carbocycles. The van der Waals surface area contributed by atoms with Gasteiger partial charge in [0, 0.05) is 22.3 Å². The number of carbonyl (C=O) groups is 1. The first-order valence-corrected chi connectivity index (χ1v) is 9.23. The van der Waals surface area contributed by atoms with Crippen LogP contribution in [0, 0.1) is 0 Å². The summed E-state index contributed by atoms with van der Waals surface area (Å²) in [6.45, 7) is 0.299. The Hall–Kier alpha value is -3.37. The fraction of sp³-hybridized carbons (Fsp3) is 0.0435. The van der Waals surface area contributed by atoms with Gasteiger partial charge >= 0.3 is 0 Å². The van der Waals surface area contributed by atoms with Gasteiger partial charge in [-0.15, -0.1) is 0 Å². The van der Waals surface area contributed by atoms with E-state index in [1.807, 2.05) is 60.7 Å². The number of hydrogen-bond acceptors (Lipinski definition) is 2. The Morgan fingerprint density at radius 3 is 2.50 bits per heavy atom.